The van der Waals surface area contributed by atoms with Crippen LogP contribution in [0.25, 0.3) is 0 Å². The zero-order valence-electron chi connectivity index (χ0n) is 10.4. The molecule has 1 aromatic heterocycles. The number of aliphatic hydroxyl groups is 1. The molecule has 0 spiro atoms. The van der Waals surface area contributed by atoms with Gasteiger partial charge in [-0.1, -0.05) is 19.9 Å². The summed E-state index contributed by atoms with van der Waals surface area (Å²) in [6.45, 7) is 4.14. The predicted octanol–water partition coefficient (Wildman–Crippen LogP) is 3.25. The molecule has 1 aromatic rings. The van der Waals surface area contributed by atoms with Crippen molar-refractivity contribution in [3.63, 3.8) is 0 Å². The van der Waals surface area contributed by atoms with Gasteiger partial charge in [0.05, 0.1) is 11.7 Å². The highest BCUT2D eigenvalue weighted by molar-refractivity contribution is 7.09. The molecular weight excluding hydrogens is 220 g/mol. The fourth-order valence-electron chi connectivity index (χ4n) is 2.14. The fourth-order valence-corrected chi connectivity index (χ4v) is 2.87. The summed E-state index contributed by atoms with van der Waals surface area (Å²) in [5.41, 5.74) is -0.364. The van der Waals surface area contributed by atoms with E-state index in [1.165, 1.54) is 4.88 Å². The number of methoxy groups -OCH3 is 1. The van der Waals surface area contributed by atoms with Crippen molar-refractivity contribution in [2.24, 2.45) is 0 Å². The van der Waals surface area contributed by atoms with Crippen LogP contribution in [0.15, 0.2) is 17.5 Å². The van der Waals surface area contributed by atoms with E-state index in [1.54, 1.807) is 18.4 Å². The minimum Gasteiger partial charge on any atom is -0.390 e. The lowest BCUT2D eigenvalue weighted by Gasteiger charge is -2.35. The molecule has 0 fully saturated rings. The molecule has 1 heterocycles. The normalized spacial score (nSPS) is 14.0. The first-order valence-corrected chi connectivity index (χ1v) is 6.82. The molecule has 1 unspecified atom stereocenters. The van der Waals surface area contributed by atoms with Crippen molar-refractivity contribution in [2.45, 2.75) is 51.2 Å². The Morgan fingerprint density at radius 2 is 2.12 bits per heavy atom. The van der Waals surface area contributed by atoms with Gasteiger partial charge in [0.2, 0.25) is 0 Å². The maximum atomic E-state index is 10.2. The van der Waals surface area contributed by atoms with E-state index in [-0.39, 0.29) is 11.7 Å². The number of hydrogen-bond acceptors (Lipinski definition) is 3. The first kappa shape index (κ1) is 13.7. The van der Waals surface area contributed by atoms with Crippen molar-refractivity contribution < 1.29 is 9.84 Å². The van der Waals surface area contributed by atoms with Gasteiger partial charge >= 0.3 is 0 Å². The largest absolute Gasteiger partial charge is 0.390 e. The van der Waals surface area contributed by atoms with Gasteiger partial charge in [0, 0.05) is 12.0 Å². The van der Waals surface area contributed by atoms with E-state index in [1.807, 2.05) is 0 Å². The number of rotatable bonds is 7. The summed E-state index contributed by atoms with van der Waals surface area (Å²) in [4.78, 5) is 1.33. The minimum atomic E-state index is -0.380. The summed E-state index contributed by atoms with van der Waals surface area (Å²) in [5, 5.41) is 12.3. The van der Waals surface area contributed by atoms with Crippen LogP contribution in [0.4, 0.5) is 0 Å². The zero-order valence-corrected chi connectivity index (χ0v) is 11.2. The second-order valence-electron chi connectivity index (χ2n) is 4.11. The van der Waals surface area contributed by atoms with E-state index in [0.717, 1.165) is 25.7 Å². The van der Waals surface area contributed by atoms with Gasteiger partial charge in [-0.2, -0.15) is 0 Å². The Balaban J connectivity index is 2.52. The summed E-state index contributed by atoms with van der Waals surface area (Å²) >= 11 is 1.75. The molecule has 0 aliphatic heterocycles. The maximum Gasteiger partial charge on any atom is 0.0931 e. The Bertz CT molecular complexity index is 270. The third kappa shape index (κ3) is 3.06. The van der Waals surface area contributed by atoms with Gasteiger partial charge in [-0.15, -0.1) is 11.3 Å². The molecule has 0 amide bonds. The molecule has 92 valence electrons. The molecule has 0 saturated carbocycles. The first-order chi connectivity index (χ1) is 7.68. The Morgan fingerprint density at radius 3 is 2.56 bits per heavy atom. The Morgan fingerprint density at radius 1 is 1.44 bits per heavy atom. The standard InChI is InChI=1S/C13H22O2S/c1-4-13(5-2,15-3)12(14)9-8-11-7-6-10-16-11/h6-7,10,12,14H,4-5,8-9H2,1-3H3. The van der Waals surface area contributed by atoms with Crippen LogP contribution in [0.3, 0.4) is 0 Å². The van der Waals surface area contributed by atoms with Gasteiger partial charge in [-0.05, 0) is 37.1 Å². The van der Waals surface area contributed by atoms with Crippen LogP contribution in [0, 0.1) is 0 Å². The van der Waals surface area contributed by atoms with Gasteiger partial charge in [-0.25, -0.2) is 0 Å². The molecule has 3 heteroatoms. The van der Waals surface area contributed by atoms with Crippen LogP contribution in [-0.2, 0) is 11.2 Å². The van der Waals surface area contributed by atoms with Crippen molar-refractivity contribution in [3.8, 4) is 0 Å². The Labute approximate surface area is 102 Å². The maximum absolute atomic E-state index is 10.2. The van der Waals surface area contributed by atoms with Gasteiger partial charge < -0.3 is 9.84 Å². The summed E-state index contributed by atoms with van der Waals surface area (Å²) in [6.07, 6.45) is 3.03. The molecule has 0 saturated heterocycles. The number of ether oxygens (including phenoxy) is 1. The summed E-state index contributed by atoms with van der Waals surface area (Å²) in [5.74, 6) is 0. The molecule has 16 heavy (non-hydrogen) atoms. The van der Waals surface area contributed by atoms with E-state index >= 15 is 0 Å². The second kappa shape index (κ2) is 6.38. The van der Waals surface area contributed by atoms with E-state index in [9.17, 15) is 5.11 Å². The van der Waals surface area contributed by atoms with Crippen molar-refractivity contribution >= 4 is 11.3 Å². The second-order valence-corrected chi connectivity index (χ2v) is 5.14. The van der Waals surface area contributed by atoms with Crippen LogP contribution in [0.1, 0.15) is 38.0 Å². The lowest BCUT2D eigenvalue weighted by Crippen LogP contribution is -2.43. The molecule has 0 aliphatic rings. The highest BCUT2D eigenvalue weighted by Crippen LogP contribution is 2.27. The molecule has 1 atom stereocenters. The van der Waals surface area contributed by atoms with E-state index in [0.29, 0.717) is 0 Å². The number of hydrogen-bond donors (Lipinski definition) is 1. The number of thiophene rings is 1. The topological polar surface area (TPSA) is 29.5 Å². The van der Waals surface area contributed by atoms with E-state index < -0.39 is 0 Å². The Kier molecular flexibility index (Phi) is 5.46. The summed E-state index contributed by atoms with van der Waals surface area (Å²) in [7, 11) is 1.70. The van der Waals surface area contributed by atoms with Crippen LogP contribution in [0.2, 0.25) is 0 Å². The third-order valence-corrected chi connectivity index (χ3v) is 4.39. The average molecular weight is 242 g/mol. The highest BCUT2D eigenvalue weighted by Gasteiger charge is 2.34. The molecule has 0 aromatic carbocycles. The molecule has 2 nitrogen and oxygen atoms in total. The Hall–Kier alpha value is -0.380. The predicted molar refractivity (Wildman–Crippen MR) is 69.0 cm³/mol. The van der Waals surface area contributed by atoms with E-state index in [4.69, 9.17) is 4.74 Å². The molecule has 1 rings (SSSR count). The third-order valence-electron chi connectivity index (χ3n) is 3.46. The van der Waals surface area contributed by atoms with Crippen LogP contribution in [-0.4, -0.2) is 23.9 Å². The van der Waals surface area contributed by atoms with Crippen molar-refractivity contribution in [2.75, 3.05) is 7.11 Å². The molecular formula is C13H22O2S. The average Bonchev–Trinajstić information content (AvgIpc) is 2.82. The van der Waals surface area contributed by atoms with Crippen LogP contribution < -0.4 is 0 Å². The van der Waals surface area contributed by atoms with Gasteiger partial charge in [0.1, 0.15) is 0 Å². The zero-order chi connectivity index (χ0) is 12.0. The molecule has 1 N–H and O–H groups in total. The van der Waals surface area contributed by atoms with Crippen molar-refractivity contribution in [3.05, 3.63) is 22.4 Å². The lowest BCUT2D eigenvalue weighted by atomic mass is 9.87. The summed E-state index contributed by atoms with van der Waals surface area (Å²) < 4.78 is 5.52. The summed E-state index contributed by atoms with van der Waals surface area (Å²) in [6, 6.07) is 4.17. The molecule has 0 radical (unpaired) electrons. The van der Waals surface area contributed by atoms with Crippen molar-refractivity contribution in [1.29, 1.82) is 0 Å². The quantitative estimate of drug-likeness (QED) is 0.795. The van der Waals surface area contributed by atoms with Gasteiger partial charge in [0.25, 0.3) is 0 Å². The highest BCUT2D eigenvalue weighted by atomic mass is 32.1. The number of aliphatic hydroxyl groups excluding tert-OH is 1. The van der Waals surface area contributed by atoms with Gasteiger partial charge in [-0.3, -0.25) is 0 Å². The fraction of sp³-hybridized carbons (Fsp3) is 0.692. The van der Waals surface area contributed by atoms with Crippen LogP contribution in [0.5, 0.6) is 0 Å². The van der Waals surface area contributed by atoms with Crippen LogP contribution >= 0.6 is 11.3 Å². The SMILES string of the molecule is CCC(CC)(OC)C(O)CCc1cccs1. The minimum absolute atomic E-state index is 0.364. The monoisotopic (exact) mass is 242 g/mol. The van der Waals surface area contributed by atoms with E-state index in [2.05, 4.69) is 31.4 Å². The molecule has 0 aliphatic carbocycles. The number of aryl methyl sites for hydroxylation is 1. The molecule has 0 bridgehead atoms. The first-order valence-electron chi connectivity index (χ1n) is 5.94. The van der Waals surface area contributed by atoms with Gasteiger partial charge in [0.15, 0.2) is 0 Å². The lowest BCUT2D eigenvalue weighted by molar-refractivity contribution is -0.109. The van der Waals surface area contributed by atoms with Crippen molar-refractivity contribution in [1.82, 2.24) is 0 Å². The smallest absolute Gasteiger partial charge is 0.0931 e.